The summed E-state index contributed by atoms with van der Waals surface area (Å²) in [5, 5.41) is 23.0. The second-order valence-electron chi connectivity index (χ2n) is 4.83. The molecule has 3 aromatic carbocycles. The van der Waals surface area contributed by atoms with Crippen LogP contribution >= 0.6 is 0 Å². The maximum atomic E-state index is 11.3. The van der Waals surface area contributed by atoms with E-state index in [0.29, 0.717) is 5.56 Å². The van der Waals surface area contributed by atoms with Gasteiger partial charge in [-0.25, -0.2) is 0 Å². The minimum absolute atomic E-state index is 0.213. The van der Waals surface area contributed by atoms with Crippen molar-refractivity contribution in [3.63, 3.8) is 0 Å². The number of phenolic OH excluding ortho intramolecular Hbond substituents is 1. The second-order valence-corrected chi connectivity index (χ2v) is 4.83. The first kappa shape index (κ1) is 11.0. The summed E-state index contributed by atoms with van der Waals surface area (Å²) < 4.78 is 0. The number of nitro benzene ring substituents is 1. The standard InChI is InChI=1S/C16H9NO3/c18-13-8-9-4-3-7-11-10-5-1-2-6-12(10)15(14(9)11)16(13)17(19)20/h1-8,18H. The van der Waals surface area contributed by atoms with Gasteiger partial charge in [-0.05, 0) is 28.1 Å². The van der Waals surface area contributed by atoms with Gasteiger partial charge in [0.15, 0.2) is 5.75 Å². The molecule has 3 aromatic rings. The van der Waals surface area contributed by atoms with Crippen LogP contribution in [0, 0.1) is 10.1 Å². The normalized spacial score (nSPS) is 11.6. The van der Waals surface area contributed by atoms with Gasteiger partial charge in [0.1, 0.15) is 0 Å². The molecule has 0 radical (unpaired) electrons. The molecule has 0 bridgehead atoms. The fourth-order valence-corrected chi connectivity index (χ4v) is 3.04. The van der Waals surface area contributed by atoms with Crippen LogP contribution in [-0.2, 0) is 0 Å². The Kier molecular flexibility index (Phi) is 1.96. The van der Waals surface area contributed by atoms with Crippen LogP contribution < -0.4 is 0 Å². The molecular weight excluding hydrogens is 254 g/mol. The summed E-state index contributed by atoms with van der Waals surface area (Å²) in [5.74, 6) is -0.286. The van der Waals surface area contributed by atoms with Gasteiger partial charge in [-0.3, -0.25) is 10.1 Å². The van der Waals surface area contributed by atoms with Crippen molar-refractivity contribution >= 4 is 16.5 Å². The molecular formula is C16H9NO3. The number of nitrogens with zero attached hydrogens (tertiary/aromatic N) is 1. The van der Waals surface area contributed by atoms with Crippen LogP contribution in [0.2, 0.25) is 0 Å². The summed E-state index contributed by atoms with van der Waals surface area (Å²) in [6, 6.07) is 14.7. The lowest BCUT2D eigenvalue weighted by Crippen LogP contribution is -1.92. The van der Waals surface area contributed by atoms with Crippen LogP contribution in [0.15, 0.2) is 48.5 Å². The summed E-state index contributed by atoms with van der Waals surface area (Å²) in [6.07, 6.45) is 0. The molecule has 0 atom stereocenters. The largest absolute Gasteiger partial charge is 0.502 e. The average molecular weight is 263 g/mol. The minimum atomic E-state index is -0.511. The first-order valence-electron chi connectivity index (χ1n) is 6.21. The van der Waals surface area contributed by atoms with Gasteiger partial charge in [0.25, 0.3) is 0 Å². The summed E-state index contributed by atoms with van der Waals surface area (Å²) in [7, 11) is 0. The van der Waals surface area contributed by atoms with Crippen molar-refractivity contribution in [1.82, 2.24) is 0 Å². The SMILES string of the molecule is O=[N+]([O-])c1c(O)cc2cccc3c2c1-c1ccccc1-3. The molecule has 0 fully saturated rings. The van der Waals surface area contributed by atoms with Gasteiger partial charge in [0, 0.05) is 5.39 Å². The van der Waals surface area contributed by atoms with E-state index < -0.39 is 4.92 Å². The predicted molar refractivity (Wildman–Crippen MR) is 76.7 cm³/mol. The molecule has 1 aliphatic carbocycles. The molecule has 96 valence electrons. The first-order valence-corrected chi connectivity index (χ1v) is 6.21. The number of aromatic hydroxyl groups is 1. The molecule has 20 heavy (non-hydrogen) atoms. The lowest BCUT2D eigenvalue weighted by Gasteiger charge is -2.05. The molecule has 0 aromatic heterocycles. The van der Waals surface area contributed by atoms with Crippen LogP contribution in [0.25, 0.3) is 33.0 Å². The second kappa shape index (κ2) is 3.57. The summed E-state index contributed by atoms with van der Waals surface area (Å²) in [6.45, 7) is 0. The van der Waals surface area contributed by atoms with E-state index in [0.717, 1.165) is 27.5 Å². The van der Waals surface area contributed by atoms with Crippen molar-refractivity contribution in [2.45, 2.75) is 0 Å². The van der Waals surface area contributed by atoms with Crippen LogP contribution in [0.1, 0.15) is 0 Å². The van der Waals surface area contributed by atoms with E-state index in [2.05, 4.69) is 0 Å². The molecule has 0 amide bonds. The lowest BCUT2D eigenvalue weighted by atomic mass is 10.0. The Morgan fingerprint density at radius 2 is 1.65 bits per heavy atom. The number of hydrogen-bond acceptors (Lipinski definition) is 3. The Balaban J connectivity index is 2.31. The molecule has 0 aliphatic heterocycles. The Hall–Kier alpha value is -2.88. The Morgan fingerprint density at radius 1 is 0.950 bits per heavy atom. The van der Waals surface area contributed by atoms with Crippen LogP contribution in [0.3, 0.4) is 0 Å². The molecule has 4 rings (SSSR count). The molecule has 0 saturated heterocycles. The van der Waals surface area contributed by atoms with Crippen molar-refractivity contribution in [2.24, 2.45) is 0 Å². The van der Waals surface area contributed by atoms with Crippen LogP contribution in [0.4, 0.5) is 5.69 Å². The molecule has 1 aliphatic rings. The van der Waals surface area contributed by atoms with E-state index in [1.54, 1.807) is 0 Å². The maximum Gasteiger partial charge on any atom is 0.319 e. The highest BCUT2D eigenvalue weighted by Crippen LogP contribution is 2.53. The van der Waals surface area contributed by atoms with Crippen molar-refractivity contribution in [1.29, 1.82) is 0 Å². The number of hydrogen-bond donors (Lipinski definition) is 1. The minimum Gasteiger partial charge on any atom is -0.502 e. The zero-order valence-corrected chi connectivity index (χ0v) is 10.3. The lowest BCUT2D eigenvalue weighted by molar-refractivity contribution is -0.385. The topological polar surface area (TPSA) is 63.4 Å². The number of rotatable bonds is 1. The number of phenols is 1. The number of fused-ring (bicyclic) bond motifs is 3. The number of nitro groups is 1. The maximum absolute atomic E-state index is 11.3. The fourth-order valence-electron chi connectivity index (χ4n) is 3.04. The van der Waals surface area contributed by atoms with Crippen molar-refractivity contribution in [3.8, 4) is 28.0 Å². The third-order valence-corrected chi connectivity index (χ3v) is 3.79. The molecule has 0 spiro atoms. The third kappa shape index (κ3) is 1.20. The Bertz CT molecular complexity index is 900. The highest BCUT2D eigenvalue weighted by Gasteiger charge is 2.31. The molecule has 0 heterocycles. The monoisotopic (exact) mass is 263 g/mol. The predicted octanol–water partition coefficient (Wildman–Crippen LogP) is 4.10. The molecule has 4 nitrogen and oxygen atoms in total. The summed E-state index contributed by atoms with van der Waals surface area (Å²) >= 11 is 0. The van der Waals surface area contributed by atoms with Gasteiger partial charge in [-0.15, -0.1) is 0 Å². The van der Waals surface area contributed by atoms with E-state index in [1.165, 1.54) is 6.07 Å². The van der Waals surface area contributed by atoms with Gasteiger partial charge in [0.05, 0.1) is 10.5 Å². The molecule has 1 N–H and O–H groups in total. The highest BCUT2D eigenvalue weighted by atomic mass is 16.6. The Morgan fingerprint density at radius 3 is 2.40 bits per heavy atom. The van der Waals surface area contributed by atoms with E-state index in [-0.39, 0.29) is 11.4 Å². The average Bonchev–Trinajstić information content (AvgIpc) is 2.76. The summed E-state index contributed by atoms with van der Waals surface area (Å²) in [4.78, 5) is 10.8. The fraction of sp³-hybridized carbons (Fsp3) is 0. The number of benzene rings is 3. The smallest absolute Gasteiger partial charge is 0.319 e. The zero-order chi connectivity index (χ0) is 13.9. The van der Waals surface area contributed by atoms with E-state index in [1.807, 2.05) is 42.5 Å². The van der Waals surface area contributed by atoms with Gasteiger partial charge >= 0.3 is 5.69 Å². The van der Waals surface area contributed by atoms with Gasteiger partial charge in [-0.2, -0.15) is 0 Å². The van der Waals surface area contributed by atoms with Crippen LogP contribution in [-0.4, -0.2) is 10.0 Å². The van der Waals surface area contributed by atoms with Gasteiger partial charge in [-0.1, -0.05) is 42.5 Å². The quantitative estimate of drug-likeness (QED) is 0.415. The van der Waals surface area contributed by atoms with E-state index >= 15 is 0 Å². The first-order chi connectivity index (χ1) is 9.68. The van der Waals surface area contributed by atoms with Crippen molar-refractivity contribution in [2.75, 3.05) is 0 Å². The molecule has 0 saturated carbocycles. The third-order valence-electron chi connectivity index (χ3n) is 3.79. The van der Waals surface area contributed by atoms with E-state index in [9.17, 15) is 15.2 Å². The molecule has 0 unspecified atom stereocenters. The van der Waals surface area contributed by atoms with Crippen molar-refractivity contribution < 1.29 is 10.0 Å². The van der Waals surface area contributed by atoms with Gasteiger partial charge in [0.2, 0.25) is 0 Å². The van der Waals surface area contributed by atoms with Crippen molar-refractivity contribution in [3.05, 3.63) is 58.6 Å². The summed E-state index contributed by atoms with van der Waals surface area (Å²) in [5.41, 5.74) is 3.07. The van der Waals surface area contributed by atoms with Crippen LogP contribution in [0.5, 0.6) is 5.75 Å². The van der Waals surface area contributed by atoms with Gasteiger partial charge < -0.3 is 5.11 Å². The Labute approximate surface area is 114 Å². The highest BCUT2D eigenvalue weighted by molar-refractivity contribution is 6.18. The van der Waals surface area contributed by atoms with E-state index in [4.69, 9.17) is 0 Å². The molecule has 4 heteroatoms. The zero-order valence-electron chi connectivity index (χ0n) is 10.3.